The third-order valence-electron chi connectivity index (χ3n) is 4.03. The molecule has 0 fully saturated rings. The fourth-order valence-electron chi connectivity index (χ4n) is 2.79. The summed E-state index contributed by atoms with van der Waals surface area (Å²) in [4.78, 5) is 0. The van der Waals surface area contributed by atoms with Crippen LogP contribution in [0.2, 0.25) is 0 Å². The van der Waals surface area contributed by atoms with Crippen LogP contribution in [0.5, 0.6) is 0 Å². The highest BCUT2D eigenvalue weighted by Gasteiger charge is 2.20. The summed E-state index contributed by atoms with van der Waals surface area (Å²) in [5.41, 5.74) is 1.15. The lowest BCUT2D eigenvalue weighted by molar-refractivity contribution is 0.0655. The largest absolute Gasteiger partial charge is 0.380 e. The van der Waals surface area contributed by atoms with Crippen LogP contribution in [0.3, 0.4) is 0 Å². The molecule has 0 bridgehead atoms. The molecule has 20 heavy (non-hydrogen) atoms. The summed E-state index contributed by atoms with van der Waals surface area (Å²) >= 11 is 0. The topological polar surface area (TPSA) is 39.1 Å². The third kappa shape index (κ3) is 4.60. The van der Waals surface area contributed by atoms with Gasteiger partial charge in [-0.15, -0.1) is 0 Å². The molecule has 1 N–H and O–H groups in total. The molecule has 4 heteroatoms. The lowest BCUT2D eigenvalue weighted by atomic mass is 10.0. The number of nitrogens with zero attached hydrogens (tertiary/aromatic N) is 2. The first-order chi connectivity index (χ1) is 9.69. The quantitative estimate of drug-likeness (QED) is 0.716. The van der Waals surface area contributed by atoms with Crippen LogP contribution in [0, 0.1) is 0 Å². The van der Waals surface area contributed by atoms with Gasteiger partial charge in [0, 0.05) is 25.8 Å². The molecule has 0 aromatic carbocycles. The van der Waals surface area contributed by atoms with Crippen LogP contribution in [-0.4, -0.2) is 35.6 Å². The summed E-state index contributed by atoms with van der Waals surface area (Å²) < 4.78 is 7.70. The van der Waals surface area contributed by atoms with Crippen molar-refractivity contribution >= 4 is 0 Å². The minimum atomic E-state index is 0.244. The molecule has 1 aromatic rings. The smallest absolute Gasteiger partial charge is 0.0725 e. The molecule has 0 amide bonds. The Balaban J connectivity index is 2.73. The second-order valence-corrected chi connectivity index (χ2v) is 5.31. The minimum Gasteiger partial charge on any atom is -0.380 e. The zero-order chi connectivity index (χ0) is 15.0. The van der Waals surface area contributed by atoms with Gasteiger partial charge in [-0.3, -0.25) is 4.68 Å². The second kappa shape index (κ2) is 9.14. The number of hydrogen-bond acceptors (Lipinski definition) is 3. The van der Waals surface area contributed by atoms with Crippen LogP contribution in [0.4, 0.5) is 0 Å². The first-order valence-electron chi connectivity index (χ1n) is 8.00. The van der Waals surface area contributed by atoms with Gasteiger partial charge in [-0.25, -0.2) is 0 Å². The van der Waals surface area contributed by atoms with E-state index in [9.17, 15) is 0 Å². The molecule has 116 valence electrons. The average molecular weight is 281 g/mol. The number of ether oxygens (including phenoxy) is 1. The van der Waals surface area contributed by atoms with Gasteiger partial charge in [0.2, 0.25) is 0 Å². The predicted octanol–water partition coefficient (Wildman–Crippen LogP) is 3.19. The van der Waals surface area contributed by atoms with Gasteiger partial charge in [-0.2, -0.15) is 5.10 Å². The minimum absolute atomic E-state index is 0.244. The van der Waals surface area contributed by atoms with E-state index in [2.05, 4.69) is 50.0 Å². The summed E-state index contributed by atoms with van der Waals surface area (Å²) in [5.74, 6) is 0. The molecular weight excluding hydrogens is 250 g/mol. The highest BCUT2D eigenvalue weighted by molar-refractivity contribution is 5.03. The summed E-state index contributed by atoms with van der Waals surface area (Å²) in [7, 11) is 1.79. The zero-order valence-electron chi connectivity index (χ0n) is 13.7. The van der Waals surface area contributed by atoms with Crippen molar-refractivity contribution in [3.63, 3.8) is 0 Å². The maximum Gasteiger partial charge on any atom is 0.0725 e. The van der Waals surface area contributed by atoms with Crippen molar-refractivity contribution in [2.75, 3.05) is 13.7 Å². The van der Waals surface area contributed by atoms with E-state index in [-0.39, 0.29) is 6.10 Å². The zero-order valence-corrected chi connectivity index (χ0v) is 13.7. The van der Waals surface area contributed by atoms with Crippen LogP contribution in [0.15, 0.2) is 12.3 Å². The summed E-state index contributed by atoms with van der Waals surface area (Å²) in [5, 5.41) is 8.27. The Morgan fingerprint density at radius 1 is 1.20 bits per heavy atom. The van der Waals surface area contributed by atoms with Crippen molar-refractivity contribution in [2.24, 2.45) is 0 Å². The van der Waals surface area contributed by atoms with Gasteiger partial charge < -0.3 is 10.1 Å². The van der Waals surface area contributed by atoms with Gasteiger partial charge in [0.15, 0.2) is 0 Å². The van der Waals surface area contributed by atoms with Crippen molar-refractivity contribution in [1.29, 1.82) is 0 Å². The van der Waals surface area contributed by atoms with Crippen LogP contribution in [0.25, 0.3) is 0 Å². The van der Waals surface area contributed by atoms with Gasteiger partial charge >= 0.3 is 0 Å². The number of aromatic nitrogens is 2. The SMILES string of the molecule is CCNC(Cc1ccn(C(CC)CC)n1)C(CC)OC. The molecule has 0 spiro atoms. The molecule has 1 rings (SSSR count). The molecule has 0 aliphatic heterocycles. The van der Waals surface area contributed by atoms with E-state index in [0.29, 0.717) is 12.1 Å². The Morgan fingerprint density at radius 3 is 2.40 bits per heavy atom. The Hall–Kier alpha value is -0.870. The standard InChI is InChI=1S/C16H31N3O/c1-6-14(7-2)19-11-10-13(18-19)12-15(17-9-4)16(8-3)20-5/h10-11,14-17H,6-9,12H2,1-5H3. The van der Waals surface area contributed by atoms with Crippen molar-refractivity contribution in [2.45, 2.75) is 71.6 Å². The van der Waals surface area contributed by atoms with Gasteiger partial charge in [-0.1, -0.05) is 27.7 Å². The number of likely N-dealkylation sites (N-methyl/N-ethyl adjacent to an activating group) is 1. The second-order valence-electron chi connectivity index (χ2n) is 5.31. The van der Waals surface area contributed by atoms with E-state index in [1.807, 2.05) is 0 Å². The fraction of sp³-hybridized carbons (Fsp3) is 0.812. The first-order valence-corrected chi connectivity index (χ1v) is 8.00. The molecule has 2 unspecified atom stereocenters. The molecule has 0 saturated carbocycles. The van der Waals surface area contributed by atoms with Gasteiger partial charge in [-0.05, 0) is 31.9 Å². The van der Waals surface area contributed by atoms with E-state index in [4.69, 9.17) is 9.84 Å². The number of hydrogen-bond donors (Lipinski definition) is 1. The van der Waals surface area contributed by atoms with Gasteiger partial charge in [0.25, 0.3) is 0 Å². The van der Waals surface area contributed by atoms with E-state index in [1.54, 1.807) is 7.11 Å². The van der Waals surface area contributed by atoms with Crippen LogP contribution in [0.1, 0.15) is 58.7 Å². The normalized spacial score (nSPS) is 14.7. The molecule has 2 atom stereocenters. The Labute approximate surface area is 123 Å². The van der Waals surface area contributed by atoms with Crippen molar-refractivity contribution < 1.29 is 4.74 Å². The Bertz CT molecular complexity index is 356. The summed E-state index contributed by atoms with van der Waals surface area (Å²) in [6.45, 7) is 9.70. The molecule has 0 aliphatic rings. The predicted molar refractivity (Wildman–Crippen MR) is 84.1 cm³/mol. The van der Waals surface area contributed by atoms with E-state index < -0.39 is 0 Å². The number of methoxy groups -OCH3 is 1. The van der Waals surface area contributed by atoms with Gasteiger partial charge in [0.05, 0.1) is 17.8 Å². The summed E-state index contributed by atoms with van der Waals surface area (Å²) in [6.07, 6.45) is 6.56. The maximum absolute atomic E-state index is 5.59. The molecule has 4 nitrogen and oxygen atoms in total. The molecule has 0 aliphatic carbocycles. The first kappa shape index (κ1) is 17.2. The van der Waals surface area contributed by atoms with E-state index in [0.717, 1.165) is 37.9 Å². The van der Waals surface area contributed by atoms with Gasteiger partial charge in [0.1, 0.15) is 0 Å². The summed E-state index contributed by atoms with van der Waals surface area (Å²) in [6, 6.07) is 3.00. The van der Waals surface area contributed by atoms with Crippen molar-refractivity contribution in [3.05, 3.63) is 18.0 Å². The lowest BCUT2D eigenvalue weighted by Crippen LogP contribution is -2.42. The highest BCUT2D eigenvalue weighted by Crippen LogP contribution is 2.16. The van der Waals surface area contributed by atoms with Crippen LogP contribution >= 0.6 is 0 Å². The molecule has 1 aromatic heterocycles. The number of nitrogens with one attached hydrogen (secondary N) is 1. The monoisotopic (exact) mass is 281 g/mol. The highest BCUT2D eigenvalue weighted by atomic mass is 16.5. The average Bonchev–Trinajstić information content (AvgIpc) is 2.90. The molecule has 0 saturated heterocycles. The molecule has 0 radical (unpaired) electrons. The van der Waals surface area contributed by atoms with Crippen LogP contribution in [-0.2, 0) is 11.2 Å². The molecular formula is C16H31N3O. The Kier molecular flexibility index (Phi) is 7.85. The third-order valence-corrected chi connectivity index (χ3v) is 4.03. The van der Waals surface area contributed by atoms with Crippen LogP contribution < -0.4 is 5.32 Å². The number of rotatable bonds is 10. The lowest BCUT2D eigenvalue weighted by Gasteiger charge is -2.25. The van der Waals surface area contributed by atoms with Crippen molar-refractivity contribution in [1.82, 2.24) is 15.1 Å². The van der Waals surface area contributed by atoms with Crippen molar-refractivity contribution in [3.8, 4) is 0 Å². The molecule has 1 heterocycles. The fourth-order valence-corrected chi connectivity index (χ4v) is 2.79. The maximum atomic E-state index is 5.59. The van der Waals surface area contributed by atoms with E-state index in [1.165, 1.54) is 0 Å². The van der Waals surface area contributed by atoms with E-state index >= 15 is 0 Å². The Morgan fingerprint density at radius 2 is 1.90 bits per heavy atom.